The number of ether oxygens (including phenoxy) is 7. The van der Waals surface area contributed by atoms with Gasteiger partial charge < -0.3 is 43.3 Å². The van der Waals surface area contributed by atoms with Gasteiger partial charge in [-0.3, -0.25) is 19.2 Å². The number of carbonyl (C=O) groups is 4. The average molecular weight is 718 g/mol. The number of rotatable bonds is 19. The van der Waals surface area contributed by atoms with Crippen LogP contribution in [0.15, 0.2) is 60.7 Å². The molecule has 2 aromatic carbocycles. The molecule has 0 saturated carbocycles. The van der Waals surface area contributed by atoms with Crippen molar-refractivity contribution in [3.8, 4) is 0 Å². The summed E-state index contributed by atoms with van der Waals surface area (Å²) in [5.41, 5.74) is 0. The van der Waals surface area contributed by atoms with E-state index in [1.165, 1.54) is 27.7 Å². The van der Waals surface area contributed by atoms with Gasteiger partial charge in [0.25, 0.3) is 8.32 Å². The molecule has 14 heteroatoms. The van der Waals surface area contributed by atoms with Crippen LogP contribution in [0.5, 0.6) is 0 Å². The zero-order valence-electron chi connectivity index (χ0n) is 29.8. The van der Waals surface area contributed by atoms with E-state index in [0.29, 0.717) is 19.8 Å². The molecule has 0 bridgehead atoms. The first kappa shape index (κ1) is 40.8. The molecule has 0 aromatic heterocycles. The lowest BCUT2D eigenvalue weighted by Crippen LogP contribution is -2.66. The van der Waals surface area contributed by atoms with Crippen LogP contribution in [0.1, 0.15) is 54.4 Å². The van der Waals surface area contributed by atoms with Crippen molar-refractivity contribution >= 4 is 42.5 Å². The number of amides is 1. The minimum absolute atomic E-state index is 0.0302. The average Bonchev–Trinajstić information content (AvgIpc) is 3.06. The maximum Gasteiger partial charge on any atom is 0.303 e. The van der Waals surface area contributed by atoms with E-state index in [0.717, 1.165) is 23.2 Å². The van der Waals surface area contributed by atoms with Crippen molar-refractivity contribution in [2.24, 2.45) is 0 Å². The number of hydrogen-bond donors (Lipinski definition) is 2. The van der Waals surface area contributed by atoms with E-state index in [9.17, 15) is 24.0 Å². The molecule has 276 valence electrons. The molecule has 50 heavy (non-hydrogen) atoms. The molecule has 0 radical (unpaired) electrons. The van der Waals surface area contributed by atoms with Gasteiger partial charge in [-0.05, 0) is 28.3 Å². The summed E-state index contributed by atoms with van der Waals surface area (Å²) < 4.78 is 39.3. The predicted molar refractivity (Wildman–Crippen MR) is 185 cm³/mol. The Labute approximate surface area is 295 Å². The van der Waals surface area contributed by atoms with Crippen molar-refractivity contribution in [3.63, 3.8) is 0 Å². The fourth-order valence-corrected chi connectivity index (χ4v) is 9.87. The monoisotopic (exact) mass is 717 g/mol. The molecule has 2 N–H and O–H groups in total. The van der Waals surface area contributed by atoms with Crippen LogP contribution in [-0.2, 0) is 52.3 Å². The SMILES string of the molecule is CC(=O)N[C@H]1[C@H](OCCOCCOCCCC(C)(C)[Si](O)(c2ccccc2)c2ccccc2)O[C@H](COC(C)=O)[C@H](OC(C)=O)[C@@H]1OC(C)=O. The molecule has 2 aromatic rings. The van der Waals surface area contributed by atoms with Crippen LogP contribution in [-0.4, -0.2) is 107 Å². The molecule has 3 rings (SSSR count). The minimum atomic E-state index is -3.08. The summed E-state index contributed by atoms with van der Waals surface area (Å²) >= 11 is 0. The summed E-state index contributed by atoms with van der Waals surface area (Å²) in [6.07, 6.45) is -3.09. The number of esters is 3. The maximum absolute atomic E-state index is 12.3. The van der Waals surface area contributed by atoms with E-state index in [4.69, 9.17) is 33.2 Å². The van der Waals surface area contributed by atoms with Gasteiger partial charge in [-0.1, -0.05) is 74.5 Å². The zero-order chi connectivity index (χ0) is 36.7. The Bertz CT molecular complexity index is 1340. The van der Waals surface area contributed by atoms with Crippen molar-refractivity contribution in [1.82, 2.24) is 5.32 Å². The Morgan fingerprint density at radius 3 is 1.80 bits per heavy atom. The van der Waals surface area contributed by atoms with Crippen LogP contribution in [0, 0.1) is 0 Å². The summed E-state index contributed by atoms with van der Waals surface area (Å²) in [5, 5.41) is 4.23. The molecule has 1 fully saturated rings. The van der Waals surface area contributed by atoms with Gasteiger partial charge >= 0.3 is 17.9 Å². The Balaban J connectivity index is 1.50. The quantitative estimate of drug-likeness (QED) is 0.0942. The van der Waals surface area contributed by atoms with Gasteiger partial charge in [0.05, 0.1) is 26.4 Å². The van der Waals surface area contributed by atoms with Crippen LogP contribution in [0.2, 0.25) is 5.04 Å². The Morgan fingerprint density at radius 2 is 1.28 bits per heavy atom. The molecular formula is C36H51NO12Si. The fraction of sp³-hybridized carbons (Fsp3) is 0.556. The largest absolute Gasteiger partial charge is 0.463 e. The van der Waals surface area contributed by atoms with Crippen molar-refractivity contribution in [1.29, 1.82) is 0 Å². The van der Waals surface area contributed by atoms with Crippen molar-refractivity contribution in [3.05, 3.63) is 60.7 Å². The molecule has 5 atom stereocenters. The molecule has 0 spiro atoms. The second-order valence-corrected chi connectivity index (χ2v) is 16.7. The first-order valence-corrected chi connectivity index (χ1v) is 18.7. The fourth-order valence-electron chi connectivity index (χ4n) is 6.08. The summed E-state index contributed by atoms with van der Waals surface area (Å²) in [6.45, 7) is 10.1. The molecule has 13 nitrogen and oxygen atoms in total. The Kier molecular flexibility index (Phi) is 16.0. The lowest BCUT2D eigenvalue weighted by atomic mass is 9.96. The molecule has 1 aliphatic rings. The highest BCUT2D eigenvalue weighted by Gasteiger charge is 2.52. The van der Waals surface area contributed by atoms with E-state index >= 15 is 0 Å². The lowest BCUT2D eigenvalue weighted by molar-refractivity contribution is -0.279. The standard InChI is InChI=1S/C36H51NO12Si/c1-25(38)37-32-34(48-28(4)41)33(47-27(3)40)31(24-46-26(2)39)49-35(32)45-23-22-44-21-20-43-19-13-18-36(5,6)50(42,29-14-9-7-10-15-29)30-16-11-8-12-17-30/h7-12,14-17,31-35,42H,13,18-24H2,1-6H3,(H,37,38)/t31-,32-,33+,34-,35-/m1/s1. The van der Waals surface area contributed by atoms with Gasteiger partial charge in [0.15, 0.2) is 18.5 Å². The van der Waals surface area contributed by atoms with Crippen molar-refractivity contribution < 1.29 is 57.1 Å². The van der Waals surface area contributed by atoms with E-state index in [1.807, 2.05) is 60.7 Å². The number of benzene rings is 2. The predicted octanol–water partition coefficient (Wildman–Crippen LogP) is 2.00. The second-order valence-electron chi connectivity index (χ2n) is 12.7. The van der Waals surface area contributed by atoms with Crippen LogP contribution in [0.25, 0.3) is 0 Å². The van der Waals surface area contributed by atoms with Gasteiger partial charge in [-0.25, -0.2) is 0 Å². The van der Waals surface area contributed by atoms with E-state index in [1.54, 1.807) is 0 Å². The number of carbonyl (C=O) groups excluding carboxylic acids is 4. The summed E-state index contributed by atoms with van der Waals surface area (Å²) in [6, 6.07) is 18.8. The molecule has 1 aliphatic heterocycles. The van der Waals surface area contributed by atoms with Crippen LogP contribution >= 0.6 is 0 Å². The van der Waals surface area contributed by atoms with Gasteiger partial charge in [0.2, 0.25) is 5.91 Å². The van der Waals surface area contributed by atoms with E-state index in [-0.39, 0.29) is 24.9 Å². The molecular weight excluding hydrogens is 666 g/mol. The molecule has 0 aliphatic carbocycles. The number of hydrogen-bond acceptors (Lipinski definition) is 12. The van der Waals surface area contributed by atoms with Gasteiger partial charge in [0, 0.05) is 34.3 Å². The van der Waals surface area contributed by atoms with E-state index < -0.39 is 62.8 Å². The maximum atomic E-state index is 12.3. The third kappa shape index (κ3) is 11.7. The topological polar surface area (TPSA) is 165 Å². The first-order valence-electron chi connectivity index (χ1n) is 16.8. The van der Waals surface area contributed by atoms with Gasteiger partial charge in [0.1, 0.15) is 18.8 Å². The van der Waals surface area contributed by atoms with Crippen molar-refractivity contribution in [2.45, 2.75) is 90.1 Å². The smallest absolute Gasteiger partial charge is 0.303 e. The molecule has 1 heterocycles. The second kappa shape index (κ2) is 19.7. The summed E-state index contributed by atoms with van der Waals surface area (Å²) in [4.78, 5) is 59.8. The summed E-state index contributed by atoms with van der Waals surface area (Å²) in [7, 11) is -3.08. The summed E-state index contributed by atoms with van der Waals surface area (Å²) in [5.74, 6) is -2.44. The molecule has 0 unspecified atom stereocenters. The normalized spacial score (nSPS) is 20.8. The number of nitrogens with one attached hydrogen (secondary N) is 1. The zero-order valence-corrected chi connectivity index (χ0v) is 30.8. The highest BCUT2D eigenvalue weighted by atomic mass is 28.4. The lowest BCUT2D eigenvalue weighted by Gasteiger charge is -2.44. The highest BCUT2D eigenvalue weighted by molar-refractivity contribution is 6.98. The van der Waals surface area contributed by atoms with Gasteiger partial charge in [-0.15, -0.1) is 0 Å². The Morgan fingerprint density at radius 1 is 0.760 bits per heavy atom. The Hall–Kier alpha value is -3.66. The van der Waals surface area contributed by atoms with E-state index in [2.05, 4.69) is 19.2 Å². The first-order chi connectivity index (χ1) is 23.8. The van der Waals surface area contributed by atoms with Gasteiger partial charge in [-0.2, -0.15) is 0 Å². The molecule has 1 amide bonds. The third-order valence-electron chi connectivity index (χ3n) is 8.41. The highest BCUT2D eigenvalue weighted by Crippen LogP contribution is 2.39. The van der Waals surface area contributed by atoms with Crippen LogP contribution < -0.4 is 15.7 Å². The van der Waals surface area contributed by atoms with Crippen LogP contribution in [0.3, 0.4) is 0 Å². The minimum Gasteiger partial charge on any atom is -0.463 e. The van der Waals surface area contributed by atoms with Crippen LogP contribution in [0.4, 0.5) is 0 Å². The third-order valence-corrected chi connectivity index (χ3v) is 13.0. The molecule has 1 saturated heterocycles. The van der Waals surface area contributed by atoms with Crippen molar-refractivity contribution in [2.75, 3.05) is 39.6 Å².